The Hall–Kier alpha value is -2.74. The van der Waals surface area contributed by atoms with Gasteiger partial charge in [0.2, 0.25) is 0 Å². The third-order valence-corrected chi connectivity index (χ3v) is 2.59. The van der Waals surface area contributed by atoms with Crippen molar-refractivity contribution in [3.05, 3.63) is 47.7 Å². The van der Waals surface area contributed by atoms with Gasteiger partial charge in [0.15, 0.2) is 11.6 Å². The molecule has 0 aliphatic carbocycles. The summed E-state index contributed by atoms with van der Waals surface area (Å²) in [5.41, 5.74) is 7.03. The number of methoxy groups -OCH3 is 1. The molecule has 96 valence electrons. The van der Waals surface area contributed by atoms with Crippen LogP contribution in [0.2, 0.25) is 0 Å². The van der Waals surface area contributed by atoms with Crippen molar-refractivity contribution in [3.63, 3.8) is 0 Å². The Morgan fingerprint density at radius 1 is 1.32 bits per heavy atom. The largest absolute Gasteiger partial charge is 0.496 e. The van der Waals surface area contributed by atoms with Gasteiger partial charge in [-0.3, -0.25) is 0 Å². The molecule has 0 unspecified atom stereocenters. The minimum atomic E-state index is 0.259. The Kier molecular flexibility index (Phi) is 3.84. The fraction of sp³-hybridized carbons (Fsp3) is 0.143. The summed E-state index contributed by atoms with van der Waals surface area (Å²) >= 11 is 0. The summed E-state index contributed by atoms with van der Waals surface area (Å²) in [5, 5.41) is 8.89. The minimum Gasteiger partial charge on any atom is -0.496 e. The van der Waals surface area contributed by atoms with Gasteiger partial charge in [0.1, 0.15) is 12.4 Å². The number of pyridine rings is 1. The van der Waals surface area contributed by atoms with Crippen molar-refractivity contribution in [3.8, 4) is 17.6 Å². The molecule has 0 saturated heterocycles. The van der Waals surface area contributed by atoms with E-state index in [2.05, 4.69) is 11.1 Å². The number of nitrogens with two attached hydrogens (primary N) is 1. The molecule has 1 aromatic carbocycles. The van der Waals surface area contributed by atoms with Crippen LogP contribution in [0.3, 0.4) is 0 Å². The van der Waals surface area contributed by atoms with Gasteiger partial charge in [-0.2, -0.15) is 5.26 Å². The molecule has 0 amide bonds. The van der Waals surface area contributed by atoms with Crippen LogP contribution in [0.4, 0.5) is 5.82 Å². The number of nitriles is 1. The number of ether oxygens (including phenoxy) is 2. The van der Waals surface area contributed by atoms with Gasteiger partial charge in [-0.25, -0.2) is 4.98 Å². The topological polar surface area (TPSA) is 81.2 Å². The maximum atomic E-state index is 8.89. The maximum Gasteiger partial charge on any atom is 0.166 e. The van der Waals surface area contributed by atoms with Gasteiger partial charge in [0, 0.05) is 11.8 Å². The first-order chi connectivity index (χ1) is 9.24. The summed E-state index contributed by atoms with van der Waals surface area (Å²) in [6, 6.07) is 10.7. The molecule has 2 aromatic rings. The zero-order valence-electron chi connectivity index (χ0n) is 10.5. The van der Waals surface area contributed by atoms with Crippen LogP contribution in [0.1, 0.15) is 11.1 Å². The summed E-state index contributed by atoms with van der Waals surface area (Å²) in [5.74, 6) is 1.51. The van der Waals surface area contributed by atoms with E-state index in [1.54, 1.807) is 43.6 Å². The quantitative estimate of drug-likeness (QED) is 0.905. The molecule has 19 heavy (non-hydrogen) atoms. The Morgan fingerprint density at radius 2 is 2.16 bits per heavy atom. The Labute approximate surface area is 111 Å². The molecule has 0 aliphatic heterocycles. The summed E-state index contributed by atoms with van der Waals surface area (Å²) in [6.07, 6.45) is 1.60. The van der Waals surface area contributed by atoms with Crippen molar-refractivity contribution < 1.29 is 9.47 Å². The Balaban J connectivity index is 2.19. The van der Waals surface area contributed by atoms with E-state index >= 15 is 0 Å². The van der Waals surface area contributed by atoms with Gasteiger partial charge in [-0.15, -0.1) is 0 Å². The Bertz CT molecular complexity index is 620. The van der Waals surface area contributed by atoms with E-state index in [1.165, 1.54) is 0 Å². The number of nitrogen functional groups attached to an aromatic ring is 1. The molecule has 0 spiro atoms. The lowest BCUT2D eigenvalue weighted by molar-refractivity contribution is 0.297. The highest BCUT2D eigenvalue weighted by Gasteiger charge is 2.07. The van der Waals surface area contributed by atoms with Crippen molar-refractivity contribution in [2.24, 2.45) is 0 Å². The van der Waals surface area contributed by atoms with Crippen LogP contribution >= 0.6 is 0 Å². The van der Waals surface area contributed by atoms with E-state index in [0.717, 1.165) is 5.56 Å². The number of nitrogens with zero attached hydrogens (tertiary/aromatic N) is 2. The first-order valence-electron chi connectivity index (χ1n) is 5.65. The number of anilines is 1. The van der Waals surface area contributed by atoms with Crippen molar-refractivity contribution in [2.45, 2.75) is 6.61 Å². The second-order valence-corrected chi connectivity index (χ2v) is 3.81. The second-order valence-electron chi connectivity index (χ2n) is 3.81. The van der Waals surface area contributed by atoms with Crippen molar-refractivity contribution in [1.82, 2.24) is 4.98 Å². The minimum absolute atomic E-state index is 0.259. The van der Waals surface area contributed by atoms with Crippen LogP contribution in [-0.4, -0.2) is 12.1 Å². The zero-order chi connectivity index (χ0) is 13.7. The van der Waals surface area contributed by atoms with E-state index in [9.17, 15) is 0 Å². The number of hydrogen-bond acceptors (Lipinski definition) is 5. The number of benzene rings is 1. The molecule has 0 radical (unpaired) electrons. The van der Waals surface area contributed by atoms with Gasteiger partial charge in [-0.1, -0.05) is 0 Å². The second kappa shape index (κ2) is 5.74. The summed E-state index contributed by atoms with van der Waals surface area (Å²) < 4.78 is 10.8. The van der Waals surface area contributed by atoms with E-state index in [4.69, 9.17) is 20.5 Å². The fourth-order valence-electron chi connectivity index (χ4n) is 1.64. The standard InChI is InChI=1S/C14H13N3O2/c1-18-12-5-4-10(8-15)7-11(12)9-19-13-3-2-6-17-14(13)16/h2-7H,9H2,1H3,(H2,16,17). The van der Waals surface area contributed by atoms with Gasteiger partial charge in [0.05, 0.1) is 18.7 Å². The van der Waals surface area contributed by atoms with Crippen LogP contribution in [0, 0.1) is 11.3 Å². The first kappa shape index (κ1) is 12.7. The Morgan fingerprint density at radius 3 is 2.84 bits per heavy atom. The van der Waals surface area contributed by atoms with Crippen molar-refractivity contribution in [2.75, 3.05) is 12.8 Å². The molecule has 0 fully saturated rings. The summed E-state index contributed by atoms with van der Waals surface area (Å²) in [6.45, 7) is 0.259. The molecule has 1 heterocycles. The monoisotopic (exact) mass is 255 g/mol. The predicted octanol–water partition coefficient (Wildman–Crippen LogP) is 2.12. The highest BCUT2D eigenvalue weighted by atomic mass is 16.5. The van der Waals surface area contributed by atoms with E-state index in [0.29, 0.717) is 22.9 Å². The molecular formula is C14H13N3O2. The lowest BCUT2D eigenvalue weighted by Gasteiger charge is -2.11. The summed E-state index contributed by atoms with van der Waals surface area (Å²) in [7, 11) is 1.57. The van der Waals surface area contributed by atoms with Crippen molar-refractivity contribution >= 4 is 5.82 Å². The first-order valence-corrected chi connectivity index (χ1v) is 5.65. The van der Waals surface area contributed by atoms with E-state index in [-0.39, 0.29) is 6.61 Å². The van der Waals surface area contributed by atoms with Crippen molar-refractivity contribution in [1.29, 1.82) is 5.26 Å². The van der Waals surface area contributed by atoms with Gasteiger partial charge >= 0.3 is 0 Å². The molecular weight excluding hydrogens is 242 g/mol. The van der Waals surface area contributed by atoms with E-state index < -0.39 is 0 Å². The van der Waals surface area contributed by atoms with Crippen LogP contribution in [-0.2, 0) is 6.61 Å². The molecule has 0 aliphatic rings. The average molecular weight is 255 g/mol. The molecule has 0 saturated carbocycles. The normalized spacial score (nSPS) is 9.68. The number of hydrogen-bond donors (Lipinski definition) is 1. The molecule has 0 bridgehead atoms. The average Bonchev–Trinajstić information content (AvgIpc) is 2.46. The SMILES string of the molecule is COc1ccc(C#N)cc1COc1cccnc1N. The highest BCUT2D eigenvalue weighted by Crippen LogP contribution is 2.23. The zero-order valence-corrected chi connectivity index (χ0v) is 10.5. The molecule has 2 rings (SSSR count). The molecule has 5 nitrogen and oxygen atoms in total. The van der Waals surface area contributed by atoms with Gasteiger partial charge < -0.3 is 15.2 Å². The maximum absolute atomic E-state index is 8.89. The van der Waals surface area contributed by atoms with Gasteiger partial charge in [0.25, 0.3) is 0 Å². The molecule has 0 atom stereocenters. The molecule has 2 N–H and O–H groups in total. The highest BCUT2D eigenvalue weighted by molar-refractivity contribution is 5.46. The third-order valence-electron chi connectivity index (χ3n) is 2.59. The van der Waals surface area contributed by atoms with Crippen LogP contribution in [0.25, 0.3) is 0 Å². The number of aromatic nitrogens is 1. The third kappa shape index (κ3) is 2.93. The summed E-state index contributed by atoms with van der Waals surface area (Å²) in [4.78, 5) is 3.94. The van der Waals surface area contributed by atoms with Crippen LogP contribution in [0.15, 0.2) is 36.5 Å². The smallest absolute Gasteiger partial charge is 0.166 e. The molecule has 1 aromatic heterocycles. The van der Waals surface area contributed by atoms with Crippen LogP contribution < -0.4 is 15.2 Å². The lowest BCUT2D eigenvalue weighted by Crippen LogP contribution is -2.02. The van der Waals surface area contributed by atoms with E-state index in [1.807, 2.05) is 0 Å². The molecule has 5 heteroatoms. The van der Waals surface area contributed by atoms with Gasteiger partial charge in [-0.05, 0) is 30.3 Å². The predicted molar refractivity (Wildman–Crippen MR) is 70.7 cm³/mol. The fourth-order valence-corrected chi connectivity index (χ4v) is 1.64. The number of rotatable bonds is 4. The van der Waals surface area contributed by atoms with Crippen LogP contribution in [0.5, 0.6) is 11.5 Å². The lowest BCUT2D eigenvalue weighted by atomic mass is 10.1.